The van der Waals surface area contributed by atoms with Crippen LogP contribution in [0.3, 0.4) is 0 Å². The van der Waals surface area contributed by atoms with Gasteiger partial charge in [0.25, 0.3) is 0 Å². The molecule has 1 atom stereocenters. The van der Waals surface area contributed by atoms with Crippen LogP contribution in [-0.4, -0.2) is 50.3 Å². The summed E-state index contributed by atoms with van der Waals surface area (Å²) in [7, 11) is 0. The quantitative estimate of drug-likeness (QED) is 0.385. The number of benzene rings is 2. The van der Waals surface area contributed by atoms with Gasteiger partial charge in [0.2, 0.25) is 5.91 Å². The fourth-order valence-corrected chi connectivity index (χ4v) is 2.36. The number of hydrogen-bond acceptors (Lipinski definition) is 7. The molecule has 11 heteroatoms. The van der Waals surface area contributed by atoms with Gasteiger partial charge in [-0.05, 0) is 35.9 Å². The molecule has 0 aliphatic rings. The lowest BCUT2D eigenvalue weighted by molar-refractivity contribution is -0.147. The van der Waals surface area contributed by atoms with Crippen molar-refractivity contribution in [3.05, 3.63) is 53.6 Å². The van der Waals surface area contributed by atoms with E-state index in [1.807, 2.05) is 0 Å². The molecule has 0 fully saturated rings. The maximum Gasteiger partial charge on any atom is 0.339 e. The van der Waals surface area contributed by atoms with Gasteiger partial charge in [-0.3, -0.25) is 9.59 Å². The van der Waals surface area contributed by atoms with Crippen molar-refractivity contribution in [2.45, 2.75) is 18.9 Å². The number of carboxylic acid groups (broad SMARTS) is 3. The summed E-state index contributed by atoms with van der Waals surface area (Å²) in [4.78, 5) is 44.6. The lowest BCUT2D eigenvalue weighted by Gasteiger charge is -2.12. The van der Waals surface area contributed by atoms with E-state index in [9.17, 15) is 24.3 Å². The highest BCUT2D eigenvalue weighted by Crippen LogP contribution is 2.25. The van der Waals surface area contributed by atoms with Gasteiger partial charge >= 0.3 is 17.9 Å². The Morgan fingerprint density at radius 2 is 1.50 bits per heavy atom. The first kappa shape index (κ1) is 22.0. The number of phenols is 1. The van der Waals surface area contributed by atoms with E-state index < -0.39 is 42.0 Å². The second-order valence-electron chi connectivity index (χ2n) is 6.11. The predicted molar refractivity (Wildman–Crippen MR) is 101 cm³/mol. The lowest BCUT2D eigenvalue weighted by Crippen LogP contribution is -2.42. The first-order valence-electron chi connectivity index (χ1n) is 8.46. The number of aromatic carboxylic acids is 1. The van der Waals surface area contributed by atoms with Crippen LogP contribution >= 0.6 is 0 Å². The number of carboxylic acids is 3. The number of aliphatic carboxylic acids is 2. The molecular weight excluding hydrogens is 398 g/mol. The Bertz CT molecular complexity index is 1000. The summed E-state index contributed by atoms with van der Waals surface area (Å²) in [6.07, 6.45) is -0.901. The van der Waals surface area contributed by atoms with E-state index in [2.05, 4.69) is 15.5 Å². The highest BCUT2D eigenvalue weighted by Gasteiger charge is 2.22. The number of nitrogens with zero attached hydrogens (tertiary/aromatic N) is 2. The van der Waals surface area contributed by atoms with Crippen LogP contribution < -0.4 is 5.32 Å². The van der Waals surface area contributed by atoms with E-state index in [-0.39, 0.29) is 17.7 Å². The Balaban J connectivity index is 2.01. The van der Waals surface area contributed by atoms with E-state index in [0.29, 0.717) is 11.3 Å². The topological polar surface area (TPSA) is 186 Å². The number of hydrogen-bond donors (Lipinski definition) is 5. The van der Waals surface area contributed by atoms with Gasteiger partial charge in [0, 0.05) is 0 Å². The van der Waals surface area contributed by atoms with Gasteiger partial charge < -0.3 is 25.7 Å². The van der Waals surface area contributed by atoms with Gasteiger partial charge in [-0.1, -0.05) is 12.1 Å². The largest absolute Gasteiger partial charge is 0.507 e. The number of amides is 1. The third kappa shape index (κ3) is 6.41. The van der Waals surface area contributed by atoms with E-state index >= 15 is 0 Å². The van der Waals surface area contributed by atoms with Gasteiger partial charge in [0.1, 0.15) is 17.4 Å². The zero-order chi connectivity index (χ0) is 22.3. The molecule has 2 rings (SSSR count). The number of carbonyl (C=O) groups excluding carboxylic acids is 1. The highest BCUT2D eigenvalue weighted by atomic mass is 16.4. The molecule has 0 spiro atoms. The van der Waals surface area contributed by atoms with Crippen molar-refractivity contribution in [2.24, 2.45) is 10.2 Å². The lowest BCUT2D eigenvalue weighted by atomic mass is 10.1. The maximum absolute atomic E-state index is 11.9. The van der Waals surface area contributed by atoms with E-state index in [0.717, 1.165) is 6.07 Å². The minimum atomic E-state index is -1.52. The Kier molecular flexibility index (Phi) is 7.17. The van der Waals surface area contributed by atoms with Crippen molar-refractivity contribution in [1.29, 1.82) is 0 Å². The molecule has 2 aromatic carbocycles. The average molecular weight is 415 g/mol. The summed E-state index contributed by atoms with van der Waals surface area (Å²) in [6, 6.07) is 8.40. The zero-order valence-corrected chi connectivity index (χ0v) is 15.3. The second kappa shape index (κ2) is 9.78. The summed E-state index contributed by atoms with van der Waals surface area (Å²) in [5, 5.41) is 46.0. The third-order valence-corrected chi connectivity index (χ3v) is 3.80. The van der Waals surface area contributed by atoms with Crippen LogP contribution in [0.2, 0.25) is 0 Å². The SMILES string of the molecule is O=C(O)CC(NC(=O)Cc1ccc(N=Nc2ccc(O)c(C(=O)O)c2)cc1)C(=O)O. The summed E-state index contributed by atoms with van der Waals surface area (Å²) < 4.78 is 0. The normalized spacial score (nSPS) is 11.7. The molecule has 1 amide bonds. The predicted octanol–water partition coefficient (Wildman–Crippen LogP) is 2.09. The maximum atomic E-state index is 11.9. The summed E-state index contributed by atoms with van der Waals surface area (Å²) in [6.45, 7) is 0. The molecule has 0 aromatic heterocycles. The molecule has 30 heavy (non-hydrogen) atoms. The molecule has 5 N–H and O–H groups in total. The average Bonchev–Trinajstić information content (AvgIpc) is 2.67. The molecule has 2 aromatic rings. The molecule has 0 saturated carbocycles. The minimum absolute atomic E-state index is 0.166. The fourth-order valence-electron chi connectivity index (χ4n) is 2.36. The number of azo groups is 1. The van der Waals surface area contributed by atoms with Crippen molar-refractivity contribution in [3.8, 4) is 5.75 Å². The fraction of sp³-hybridized carbons (Fsp3) is 0.158. The highest BCUT2D eigenvalue weighted by molar-refractivity contribution is 5.91. The second-order valence-corrected chi connectivity index (χ2v) is 6.11. The smallest absolute Gasteiger partial charge is 0.339 e. The van der Waals surface area contributed by atoms with Crippen molar-refractivity contribution < 1.29 is 39.6 Å². The van der Waals surface area contributed by atoms with Crippen LogP contribution in [0.1, 0.15) is 22.3 Å². The minimum Gasteiger partial charge on any atom is -0.507 e. The first-order chi connectivity index (χ1) is 14.2. The van der Waals surface area contributed by atoms with Gasteiger partial charge in [0.05, 0.1) is 24.2 Å². The van der Waals surface area contributed by atoms with Crippen molar-refractivity contribution >= 4 is 35.2 Å². The van der Waals surface area contributed by atoms with Crippen LogP contribution in [0, 0.1) is 0 Å². The number of carbonyl (C=O) groups is 4. The molecule has 0 aliphatic carbocycles. The molecule has 1 unspecified atom stereocenters. The van der Waals surface area contributed by atoms with Gasteiger partial charge in [-0.25, -0.2) is 9.59 Å². The van der Waals surface area contributed by atoms with Crippen LogP contribution in [0.5, 0.6) is 5.75 Å². The Hall–Kier alpha value is -4.28. The monoisotopic (exact) mass is 415 g/mol. The number of rotatable bonds is 9. The van der Waals surface area contributed by atoms with Crippen LogP contribution in [0.15, 0.2) is 52.7 Å². The van der Waals surface area contributed by atoms with Crippen LogP contribution in [-0.2, 0) is 20.8 Å². The molecule has 0 bridgehead atoms. The van der Waals surface area contributed by atoms with Crippen molar-refractivity contribution in [1.82, 2.24) is 5.32 Å². The third-order valence-electron chi connectivity index (χ3n) is 3.80. The molecule has 0 saturated heterocycles. The molecule has 0 heterocycles. The zero-order valence-electron chi connectivity index (χ0n) is 15.3. The van der Waals surface area contributed by atoms with Crippen molar-refractivity contribution in [2.75, 3.05) is 0 Å². The summed E-state index contributed by atoms with van der Waals surface area (Å²) in [5.41, 5.74) is 0.837. The molecule has 0 radical (unpaired) electrons. The van der Waals surface area contributed by atoms with Gasteiger partial charge in [0.15, 0.2) is 0 Å². The summed E-state index contributed by atoms with van der Waals surface area (Å²) in [5.74, 6) is -5.13. The molecule has 11 nitrogen and oxygen atoms in total. The molecular formula is C19H17N3O8. The Morgan fingerprint density at radius 3 is 2.07 bits per heavy atom. The number of aromatic hydroxyl groups is 1. The van der Waals surface area contributed by atoms with E-state index in [1.165, 1.54) is 24.3 Å². The van der Waals surface area contributed by atoms with Crippen LogP contribution in [0.4, 0.5) is 11.4 Å². The molecule has 156 valence electrons. The Morgan fingerprint density at radius 1 is 0.900 bits per heavy atom. The standard InChI is InChI=1S/C19H17N3O8/c23-15-6-5-12(8-13(15)18(27)28)22-21-11-3-1-10(2-4-11)7-16(24)20-14(19(29)30)9-17(25)26/h1-6,8,14,23H,7,9H2,(H,20,24)(H,25,26)(H,27,28)(H,29,30). The first-order valence-corrected chi connectivity index (χ1v) is 8.46. The summed E-state index contributed by atoms with van der Waals surface area (Å²) >= 11 is 0. The van der Waals surface area contributed by atoms with Gasteiger partial charge in [-0.15, -0.1) is 0 Å². The Labute approximate surface area is 169 Å². The van der Waals surface area contributed by atoms with E-state index in [4.69, 9.17) is 15.3 Å². The number of nitrogens with one attached hydrogen (secondary N) is 1. The van der Waals surface area contributed by atoms with Gasteiger partial charge in [-0.2, -0.15) is 10.2 Å². The van der Waals surface area contributed by atoms with Crippen LogP contribution in [0.25, 0.3) is 0 Å². The van der Waals surface area contributed by atoms with Crippen molar-refractivity contribution in [3.63, 3.8) is 0 Å². The van der Waals surface area contributed by atoms with E-state index in [1.54, 1.807) is 12.1 Å². The molecule has 0 aliphatic heterocycles.